The lowest BCUT2D eigenvalue weighted by atomic mass is 10.2. The van der Waals surface area contributed by atoms with Gasteiger partial charge in [-0.25, -0.2) is 8.42 Å². The SMILES string of the molecule is CCC(C)NCCN1CCCS(=O)(=O)CC1. The zero-order valence-electron chi connectivity index (χ0n) is 10.4. The Morgan fingerprint density at radius 1 is 1.31 bits per heavy atom. The number of nitrogens with one attached hydrogen (secondary N) is 1. The van der Waals surface area contributed by atoms with Gasteiger partial charge in [-0.15, -0.1) is 0 Å². The first-order chi connectivity index (χ1) is 7.53. The second-order valence-electron chi connectivity index (χ2n) is 4.61. The van der Waals surface area contributed by atoms with Crippen LogP contribution < -0.4 is 5.32 Å². The van der Waals surface area contributed by atoms with Crippen molar-refractivity contribution in [2.45, 2.75) is 32.7 Å². The third-order valence-electron chi connectivity index (χ3n) is 3.18. The summed E-state index contributed by atoms with van der Waals surface area (Å²) in [7, 11) is -2.76. The van der Waals surface area contributed by atoms with Gasteiger partial charge in [0.1, 0.15) is 0 Å². The maximum absolute atomic E-state index is 11.4. The molecule has 0 aromatic rings. The molecule has 5 heteroatoms. The average molecular weight is 248 g/mol. The van der Waals surface area contributed by atoms with Crippen LogP contribution in [0.1, 0.15) is 26.7 Å². The number of hydrogen-bond acceptors (Lipinski definition) is 4. The Hall–Kier alpha value is -0.130. The number of sulfone groups is 1. The molecule has 0 bridgehead atoms. The molecule has 0 aromatic heterocycles. The molecule has 16 heavy (non-hydrogen) atoms. The van der Waals surface area contributed by atoms with E-state index in [1.165, 1.54) is 0 Å². The van der Waals surface area contributed by atoms with E-state index in [4.69, 9.17) is 0 Å². The van der Waals surface area contributed by atoms with Crippen molar-refractivity contribution in [3.05, 3.63) is 0 Å². The fraction of sp³-hybridized carbons (Fsp3) is 1.00. The van der Waals surface area contributed by atoms with E-state index in [-0.39, 0.29) is 0 Å². The van der Waals surface area contributed by atoms with Gasteiger partial charge in [-0.2, -0.15) is 0 Å². The molecule has 1 saturated heterocycles. The molecular weight excluding hydrogens is 224 g/mol. The molecule has 0 aromatic carbocycles. The van der Waals surface area contributed by atoms with Gasteiger partial charge in [0.15, 0.2) is 9.84 Å². The van der Waals surface area contributed by atoms with Crippen molar-refractivity contribution in [1.29, 1.82) is 0 Å². The van der Waals surface area contributed by atoms with E-state index in [1.807, 2.05) is 0 Å². The van der Waals surface area contributed by atoms with Crippen LogP contribution in [-0.4, -0.2) is 57.0 Å². The van der Waals surface area contributed by atoms with Crippen LogP contribution in [-0.2, 0) is 9.84 Å². The van der Waals surface area contributed by atoms with Crippen LogP contribution in [0.5, 0.6) is 0 Å². The third kappa shape index (κ3) is 5.27. The quantitative estimate of drug-likeness (QED) is 0.769. The van der Waals surface area contributed by atoms with E-state index in [0.717, 1.165) is 32.5 Å². The van der Waals surface area contributed by atoms with Gasteiger partial charge >= 0.3 is 0 Å². The number of rotatable bonds is 5. The van der Waals surface area contributed by atoms with E-state index >= 15 is 0 Å². The lowest BCUT2D eigenvalue weighted by Gasteiger charge is -2.20. The van der Waals surface area contributed by atoms with Crippen LogP contribution >= 0.6 is 0 Å². The maximum Gasteiger partial charge on any atom is 0.151 e. The minimum Gasteiger partial charge on any atom is -0.313 e. The lowest BCUT2D eigenvalue weighted by molar-refractivity contribution is 0.289. The van der Waals surface area contributed by atoms with Gasteiger partial charge in [0, 0.05) is 25.7 Å². The van der Waals surface area contributed by atoms with Crippen molar-refractivity contribution in [2.75, 3.05) is 37.7 Å². The van der Waals surface area contributed by atoms with Crippen molar-refractivity contribution >= 4 is 9.84 Å². The predicted octanol–water partition coefficient (Wildman–Crippen LogP) is 0.495. The number of nitrogens with zero attached hydrogens (tertiary/aromatic N) is 1. The van der Waals surface area contributed by atoms with Gasteiger partial charge in [0.05, 0.1) is 11.5 Å². The molecule has 1 N–H and O–H groups in total. The molecule has 0 spiro atoms. The first kappa shape index (κ1) is 13.9. The summed E-state index contributed by atoms with van der Waals surface area (Å²) in [4.78, 5) is 2.25. The molecular formula is C11H24N2O2S. The first-order valence-electron chi connectivity index (χ1n) is 6.19. The summed E-state index contributed by atoms with van der Waals surface area (Å²) >= 11 is 0. The molecule has 1 fully saturated rings. The smallest absolute Gasteiger partial charge is 0.151 e. The molecule has 1 aliphatic heterocycles. The Kier molecular flexibility index (Phi) is 5.72. The second kappa shape index (κ2) is 6.57. The van der Waals surface area contributed by atoms with Gasteiger partial charge in [-0.1, -0.05) is 6.92 Å². The van der Waals surface area contributed by atoms with Gasteiger partial charge in [0.2, 0.25) is 0 Å². The van der Waals surface area contributed by atoms with Crippen LogP contribution in [0, 0.1) is 0 Å². The Bertz CT molecular complexity index is 290. The summed E-state index contributed by atoms with van der Waals surface area (Å²) in [6.07, 6.45) is 1.92. The van der Waals surface area contributed by atoms with Crippen molar-refractivity contribution in [3.63, 3.8) is 0 Å². The molecule has 0 aliphatic carbocycles. The van der Waals surface area contributed by atoms with E-state index in [1.54, 1.807) is 0 Å². The highest BCUT2D eigenvalue weighted by Gasteiger charge is 2.18. The highest BCUT2D eigenvalue weighted by Crippen LogP contribution is 2.04. The van der Waals surface area contributed by atoms with Gasteiger partial charge in [-0.3, -0.25) is 0 Å². The van der Waals surface area contributed by atoms with Gasteiger partial charge < -0.3 is 10.2 Å². The van der Waals surface area contributed by atoms with Crippen LogP contribution in [0.3, 0.4) is 0 Å². The van der Waals surface area contributed by atoms with Crippen LogP contribution in [0.2, 0.25) is 0 Å². The van der Waals surface area contributed by atoms with Crippen LogP contribution in [0.25, 0.3) is 0 Å². The molecule has 1 aliphatic rings. The fourth-order valence-electron chi connectivity index (χ4n) is 1.83. The number of hydrogen-bond donors (Lipinski definition) is 1. The van der Waals surface area contributed by atoms with Crippen molar-refractivity contribution < 1.29 is 8.42 Å². The van der Waals surface area contributed by atoms with Gasteiger partial charge in [0.25, 0.3) is 0 Å². The molecule has 1 rings (SSSR count). The summed E-state index contributed by atoms with van der Waals surface area (Å²) in [5, 5.41) is 3.43. The topological polar surface area (TPSA) is 49.4 Å². The minimum absolute atomic E-state index is 0.330. The molecule has 0 amide bonds. The standard InChI is InChI=1S/C11H24N2O2S/c1-3-11(2)12-5-7-13-6-4-9-16(14,15)10-8-13/h11-12H,3-10H2,1-2H3. The monoisotopic (exact) mass is 248 g/mol. The van der Waals surface area contributed by atoms with Crippen molar-refractivity contribution in [1.82, 2.24) is 10.2 Å². The van der Waals surface area contributed by atoms with E-state index in [0.29, 0.717) is 24.1 Å². The summed E-state index contributed by atoms with van der Waals surface area (Å²) in [5.41, 5.74) is 0. The predicted molar refractivity (Wildman–Crippen MR) is 67.5 cm³/mol. The van der Waals surface area contributed by atoms with E-state index in [2.05, 4.69) is 24.1 Å². The zero-order valence-corrected chi connectivity index (χ0v) is 11.2. The van der Waals surface area contributed by atoms with Gasteiger partial charge in [-0.05, 0) is 26.3 Å². The Balaban J connectivity index is 2.23. The highest BCUT2D eigenvalue weighted by atomic mass is 32.2. The third-order valence-corrected chi connectivity index (χ3v) is 4.90. The van der Waals surface area contributed by atoms with Crippen molar-refractivity contribution in [2.24, 2.45) is 0 Å². The summed E-state index contributed by atoms with van der Waals surface area (Å²) in [6.45, 7) is 7.86. The minimum atomic E-state index is -2.76. The van der Waals surface area contributed by atoms with E-state index < -0.39 is 9.84 Å². The molecule has 96 valence electrons. The first-order valence-corrected chi connectivity index (χ1v) is 8.02. The average Bonchev–Trinajstić information content (AvgIpc) is 2.40. The largest absolute Gasteiger partial charge is 0.313 e. The molecule has 0 saturated carbocycles. The molecule has 1 atom stereocenters. The van der Waals surface area contributed by atoms with Crippen molar-refractivity contribution in [3.8, 4) is 0 Å². The van der Waals surface area contributed by atoms with Crippen LogP contribution in [0.15, 0.2) is 0 Å². The fourth-order valence-corrected chi connectivity index (χ4v) is 3.14. The second-order valence-corrected chi connectivity index (χ2v) is 6.91. The summed E-state index contributed by atoms with van der Waals surface area (Å²) < 4.78 is 22.8. The Labute approximate surface area is 99.3 Å². The zero-order chi connectivity index (χ0) is 12.0. The normalized spacial score (nSPS) is 23.9. The highest BCUT2D eigenvalue weighted by molar-refractivity contribution is 7.91. The molecule has 4 nitrogen and oxygen atoms in total. The van der Waals surface area contributed by atoms with Crippen LogP contribution in [0.4, 0.5) is 0 Å². The maximum atomic E-state index is 11.4. The lowest BCUT2D eigenvalue weighted by Crippen LogP contribution is -2.37. The Morgan fingerprint density at radius 3 is 2.75 bits per heavy atom. The Morgan fingerprint density at radius 2 is 2.06 bits per heavy atom. The van der Waals surface area contributed by atoms with E-state index in [9.17, 15) is 8.42 Å². The molecule has 1 unspecified atom stereocenters. The molecule has 1 heterocycles. The summed E-state index contributed by atoms with van der Waals surface area (Å²) in [5.74, 6) is 0.693. The summed E-state index contributed by atoms with van der Waals surface area (Å²) in [6, 6.07) is 0.552. The molecule has 0 radical (unpaired) electrons.